The quantitative estimate of drug-likeness (QED) is 0.206. The first kappa shape index (κ1) is 33.6. The molecule has 4 aliphatic rings. The predicted molar refractivity (Wildman–Crippen MR) is 179 cm³/mol. The van der Waals surface area contributed by atoms with Crippen molar-refractivity contribution in [1.82, 2.24) is 20.2 Å². The summed E-state index contributed by atoms with van der Waals surface area (Å²) in [6, 6.07) is 7.06. The minimum absolute atomic E-state index is 0.0139. The van der Waals surface area contributed by atoms with Crippen LogP contribution in [0.4, 0.5) is 19.0 Å². The maximum absolute atomic E-state index is 17.3. The first-order chi connectivity index (χ1) is 24.1. The average molecular weight is 695 g/mol. The van der Waals surface area contributed by atoms with Crippen molar-refractivity contribution in [2.75, 3.05) is 44.8 Å². The van der Waals surface area contributed by atoms with Crippen LogP contribution in [-0.2, 0) is 4.79 Å². The van der Waals surface area contributed by atoms with Gasteiger partial charge in [0.1, 0.15) is 41.4 Å². The highest BCUT2D eigenvalue weighted by molar-refractivity contribution is 6.14. The molecule has 5 N–H and O–H groups in total. The maximum atomic E-state index is 17.3. The Bertz CT molecular complexity index is 1990. The van der Waals surface area contributed by atoms with Gasteiger partial charge >= 0.3 is 6.01 Å². The van der Waals surface area contributed by atoms with Crippen LogP contribution in [0.5, 0.6) is 17.5 Å². The Labute approximate surface area is 285 Å². The molecule has 50 heavy (non-hydrogen) atoms. The fraction of sp³-hybridized carbons (Fsp3) is 0.429. The molecule has 8 rings (SSSR count). The lowest BCUT2D eigenvalue weighted by molar-refractivity contribution is -0.122. The van der Waals surface area contributed by atoms with E-state index in [9.17, 15) is 14.3 Å². The van der Waals surface area contributed by atoms with E-state index in [0.29, 0.717) is 37.3 Å². The zero-order chi connectivity index (χ0) is 35.3. The Morgan fingerprint density at radius 1 is 1.16 bits per heavy atom. The number of aromatic hydroxyl groups is 1. The van der Waals surface area contributed by atoms with Gasteiger partial charge in [0.05, 0.1) is 23.6 Å². The molecule has 264 valence electrons. The lowest BCUT2D eigenvalue weighted by Crippen LogP contribution is -2.51. The first-order valence-electron chi connectivity index (χ1n) is 16.5. The van der Waals surface area contributed by atoms with Gasteiger partial charge in [-0.1, -0.05) is 12.1 Å². The molecule has 4 aromatic rings. The van der Waals surface area contributed by atoms with E-state index in [1.54, 1.807) is 6.07 Å². The molecular weight excluding hydrogens is 657 g/mol. The molecule has 15 heteroatoms. The van der Waals surface area contributed by atoms with E-state index in [2.05, 4.69) is 15.2 Å². The number of ether oxygens (including phenoxy) is 2. The highest BCUT2D eigenvalue weighted by Crippen LogP contribution is 2.47. The molecule has 0 spiro atoms. The Kier molecular flexibility index (Phi) is 8.80. The van der Waals surface area contributed by atoms with Crippen molar-refractivity contribution in [2.45, 2.75) is 55.9 Å². The molecular formula is C35H37F3N6O6. The van der Waals surface area contributed by atoms with Gasteiger partial charge in [0.15, 0.2) is 5.82 Å². The third-order valence-electron chi connectivity index (χ3n) is 10.4. The van der Waals surface area contributed by atoms with Crippen molar-refractivity contribution in [3.8, 4) is 28.6 Å². The van der Waals surface area contributed by atoms with Crippen LogP contribution in [0.15, 0.2) is 30.3 Å². The van der Waals surface area contributed by atoms with Crippen LogP contribution in [0.3, 0.4) is 0 Å². The lowest BCUT2D eigenvalue weighted by Gasteiger charge is -2.35. The van der Waals surface area contributed by atoms with Gasteiger partial charge in [-0.2, -0.15) is 9.97 Å². The molecule has 2 bridgehead atoms. The number of phenols is 1. The number of carbonyl (C=O) groups is 2. The van der Waals surface area contributed by atoms with Gasteiger partial charge in [0.2, 0.25) is 0 Å². The number of alkyl halides is 1. The number of aromatic nitrogens is 2. The van der Waals surface area contributed by atoms with E-state index in [-0.39, 0.29) is 75.7 Å². The molecule has 0 radical (unpaired) electrons. The second-order valence-electron chi connectivity index (χ2n) is 13.4. The number of hydrogen-bond donors (Lipinski definition) is 4. The Morgan fingerprint density at radius 3 is 2.60 bits per heavy atom. The average Bonchev–Trinajstić information content (AvgIpc) is 3.73. The van der Waals surface area contributed by atoms with Crippen LogP contribution in [0, 0.1) is 11.6 Å². The summed E-state index contributed by atoms with van der Waals surface area (Å²) in [7, 11) is 1.33. The monoisotopic (exact) mass is 694 g/mol. The number of phenolic OH excluding ortho intramolecular Hbond substituents is 1. The predicted octanol–water partition coefficient (Wildman–Crippen LogP) is 4.14. The van der Waals surface area contributed by atoms with E-state index in [4.69, 9.17) is 30.1 Å². The normalized spacial score (nSPS) is 24.2. The summed E-state index contributed by atoms with van der Waals surface area (Å²) in [5, 5.41) is 21.5. The fourth-order valence-electron chi connectivity index (χ4n) is 8.43. The third-order valence-corrected chi connectivity index (χ3v) is 10.4. The topological polar surface area (TPSA) is 163 Å². The number of carboxylic acid groups (broad SMARTS) is 1. The molecule has 1 unspecified atom stereocenters. The highest BCUT2D eigenvalue weighted by atomic mass is 19.1. The second-order valence-corrected chi connectivity index (χ2v) is 13.4. The minimum atomic E-state index is -1.01. The van der Waals surface area contributed by atoms with Gasteiger partial charge < -0.3 is 35.6 Å². The van der Waals surface area contributed by atoms with Gasteiger partial charge in [-0.05, 0) is 55.8 Å². The molecule has 1 amide bonds. The number of anilines is 1. The SMILES string of the molecule is COc1c(C(N)=O)c(-c2cc(O)cc3cccc(F)c23)c(F)c2nc(OC[C@@]34CCCN3C[C@H](F)C4)nc(N3CC4CC[C@H](C3)N4)c12.O=CO. The summed E-state index contributed by atoms with van der Waals surface area (Å²) in [5.74, 6) is -2.69. The molecule has 4 saturated heterocycles. The van der Waals surface area contributed by atoms with Crippen LogP contribution >= 0.6 is 0 Å². The van der Waals surface area contributed by atoms with E-state index in [1.807, 2.05) is 4.90 Å². The molecule has 4 fully saturated rings. The van der Waals surface area contributed by atoms with Crippen molar-refractivity contribution in [3.63, 3.8) is 0 Å². The number of halogens is 3. The third kappa shape index (κ3) is 5.67. The first-order valence-corrected chi connectivity index (χ1v) is 16.5. The minimum Gasteiger partial charge on any atom is -0.508 e. The summed E-state index contributed by atoms with van der Waals surface area (Å²) in [6.45, 7) is 2.11. The summed E-state index contributed by atoms with van der Waals surface area (Å²) < 4.78 is 59.3. The van der Waals surface area contributed by atoms with E-state index >= 15 is 8.78 Å². The molecule has 1 aromatic heterocycles. The Hall–Kier alpha value is -4.89. The number of rotatable bonds is 7. The van der Waals surface area contributed by atoms with Crippen molar-refractivity contribution in [3.05, 3.63) is 47.5 Å². The van der Waals surface area contributed by atoms with Gasteiger partial charge in [-0.3, -0.25) is 14.5 Å². The highest BCUT2D eigenvalue weighted by Gasteiger charge is 2.49. The van der Waals surface area contributed by atoms with E-state index in [0.717, 1.165) is 32.2 Å². The van der Waals surface area contributed by atoms with Crippen LogP contribution in [-0.4, -0.2) is 101 Å². The number of nitrogens with two attached hydrogens (primary N) is 1. The number of hydrogen-bond acceptors (Lipinski definition) is 10. The summed E-state index contributed by atoms with van der Waals surface area (Å²) in [6.07, 6.45) is 2.99. The summed E-state index contributed by atoms with van der Waals surface area (Å²) in [4.78, 5) is 35.0. The molecule has 4 atom stereocenters. The van der Waals surface area contributed by atoms with E-state index < -0.39 is 29.3 Å². The number of amides is 1. The summed E-state index contributed by atoms with van der Waals surface area (Å²) in [5.41, 5.74) is 4.44. The number of piperazine rings is 1. The number of fused-ring (bicyclic) bond motifs is 5. The van der Waals surface area contributed by atoms with E-state index in [1.165, 1.54) is 31.4 Å². The number of nitrogens with one attached hydrogen (secondary N) is 1. The van der Waals surface area contributed by atoms with Crippen molar-refractivity contribution >= 4 is 39.9 Å². The van der Waals surface area contributed by atoms with Gasteiger partial charge in [-0.25, -0.2) is 13.2 Å². The van der Waals surface area contributed by atoms with Crippen molar-refractivity contribution in [2.24, 2.45) is 5.73 Å². The van der Waals surface area contributed by atoms with Gasteiger partial charge in [0, 0.05) is 54.7 Å². The number of carbonyl (C=O) groups excluding carboxylic acids is 1. The molecule has 3 aromatic carbocycles. The molecule has 4 aliphatic heterocycles. The maximum Gasteiger partial charge on any atom is 0.319 e. The Morgan fingerprint density at radius 2 is 1.90 bits per heavy atom. The molecule has 5 heterocycles. The van der Waals surface area contributed by atoms with Gasteiger partial charge in [-0.15, -0.1) is 0 Å². The van der Waals surface area contributed by atoms with Crippen molar-refractivity contribution in [1.29, 1.82) is 0 Å². The van der Waals surface area contributed by atoms with Crippen LogP contribution in [0.25, 0.3) is 32.8 Å². The number of primary amides is 1. The van der Waals surface area contributed by atoms with Gasteiger partial charge in [0.25, 0.3) is 12.4 Å². The van der Waals surface area contributed by atoms with Crippen LogP contribution in [0.1, 0.15) is 42.5 Å². The van der Waals surface area contributed by atoms with Crippen molar-refractivity contribution < 1.29 is 42.4 Å². The lowest BCUT2D eigenvalue weighted by atomic mass is 9.90. The van der Waals surface area contributed by atoms with Crippen LogP contribution in [0.2, 0.25) is 0 Å². The summed E-state index contributed by atoms with van der Waals surface area (Å²) >= 11 is 0. The number of methoxy groups -OCH3 is 1. The largest absolute Gasteiger partial charge is 0.508 e. The van der Waals surface area contributed by atoms with Crippen LogP contribution < -0.4 is 25.4 Å². The Balaban J connectivity index is 0.00000126. The molecule has 0 saturated carbocycles. The standard InChI is InChI=1S/C34H35F3N6O4.CH2O2/c1-46-30-26(31(38)45)25(22-11-21(44)10-17-4-2-5-23(36)24(17)22)28(37)29-27(30)32(42-14-19-6-7-20(15-42)39-19)41-33(40-29)47-16-34-8-3-9-43(34)13-18(35)12-34;2-1-3/h2,4-5,10-11,18-20,39,44H,3,6-9,12-16H2,1H3,(H2,38,45);1H,(H,2,3)/t18-,19-,20?,34+;/m1./s1. The second kappa shape index (κ2) is 13.1. The number of nitrogens with zero attached hydrogens (tertiary/aromatic N) is 4. The number of benzene rings is 3. The fourth-order valence-corrected chi connectivity index (χ4v) is 8.43. The molecule has 12 nitrogen and oxygen atoms in total. The smallest absolute Gasteiger partial charge is 0.319 e. The molecule has 0 aliphatic carbocycles. The zero-order valence-corrected chi connectivity index (χ0v) is 27.3. The zero-order valence-electron chi connectivity index (χ0n) is 27.3.